The monoisotopic (exact) mass is 950 g/mol. The molecule has 0 atom stereocenters. The second-order valence-corrected chi connectivity index (χ2v) is 22.8. The van der Waals surface area contributed by atoms with Crippen molar-refractivity contribution in [3.8, 4) is 44.5 Å². The minimum Gasteiger partial charge on any atom is -0.310 e. The molecule has 0 amide bonds. The molecule has 4 aliphatic carbocycles. The highest BCUT2D eigenvalue weighted by Gasteiger charge is 2.60. The molecule has 0 saturated heterocycles. The summed E-state index contributed by atoms with van der Waals surface area (Å²) in [6, 6.07) is 83.5. The van der Waals surface area contributed by atoms with E-state index in [1.807, 2.05) is 0 Å². The fraction of sp³-hybridized carbons (Fsp3) is 0.0746. The summed E-state index contributed by atoms with van der Waals surface area (Å²) in [4.78, 5) is 8.17. The lowest BCUT2D eigenvalue weighted by atomic mass is 9.39. The van der Waals surface area contributed by atoms with Gasteiger partial charge in [-0.2, -0.15) is 0 Å². The van der Waals surface area contributed by atoms with Crippen molar-refractivity contribution in [3.05, 3.63) is 267 Å². The molecule has 4 heterocycles. The molecule has 0 N–H and O–H groups in total. The molecule has 6 aliphatic rings. The lowest BCUT2D eigenvalue weighted by molar-refractivity contribution is 0.799. The second kappa shape index (κ2) is 13.9. The van der Waals surface area contributed by atoms with Crippen LogP contribution in [-0.2, 0) is 10.8 Å². The van der Waals surface area contributed by atoms with Crippen LogP contribution in [0, 0.1) is 0 Å². The van der Waals surface area contributed by atoms with Gasteiger partial charge in [0.25, 0.3) is 6.71 Å². The Bertz CT molecular complexity index is 4090. The van der Waals surface area contributed by atoms with Gasteiger partial charge in [-0.05, 0) is 120 Å². The predicted octanol–water partition coefficient (Wildman–Crippen LogP) is 15.7. The number of hydrogen-bond donors (Lipinski definition) is 0. The van der Waals surface area contributed by atoms with Gasteiger partial charge in [0.2, 0.25) is 0 Å². The van der Waals surface area contributed by atoms with Crippen LogP contribution >= 0.6 is 22.7 Å². The molecule has 2 nitrogen and oxygen atoms in total. The maximum absolute atomic E-state index is 2.65. The van der Waals surface area contributed by atoms with Crippen molar-refractivity contribution in [1.29, 1.82) is 0 Å². The van der Waals surface area contributed by atoms with Crippen molar-refractivity contribution in [2.24, 2.45) is 0 Å². The van der Waals surface area contributed by atoms with E-state index < -0.39 is 10.8 Å². The third kappa shape index (κ3) is 4.52. The van der Waals surface area contributed by atoms with Gasteiger partial charge in [0.1, 0.15) is 0 Å². The van der Waals surface area contributed by atoms with Crippen molar-refractivity contribution in [3.63, 3.8) is 0 Å². The number of benzene rings is 9. The van der Waals surface area contributed by atoms with Crippen molar-refractivity contribution < 1.29 is 0 Å². The molecule has 5 heteroatoms. The Morgan fingerprint density at radius 3 is 1.19 bits per heavy atom. The number of hydrogen-bond acceptors (Lipinski definition) is 4. The maximum atomic E-state index is 2.65. The van der Waals surface area contributed by atoms with E-state index in [1.54, 1.807) is 0 Å². The molecule has 336 valence electrons. The van der Waals surface area contributed by atoms with Gasteiger partial charge in [0.05, 0.1) is 22.2 Å². The summed E-state index contributed by atoms with van der Waals surface area (Å²) < 4.78 is 2.84. The molecular weight excluding hydrogens is 908 g/mol. The van der Waals surface area contributed by atoms with Crippen LogP contribution in [-0.4, -0.2) is 6.71 Å². The summed E-state index contributed by atoms with van der Waals surface area (Å²) in [5.74, 6) is 0.388. The number of rotatable bonds is 3. The maximum Gasteiger partial charge on any atom is 0.277 e. The molecule has 0 saturated carbocycles. The Hall–Kier alpha value is -7.96. The van der Waals surface area contributed by atoms with Gasteiger partial charge in [-0.1, -0.05) is 196 Å². The highest BCUT2D eigenvalue weighted by Crippen LogP contribution is 2.69. The lowest BCUT2D eigenvalue weighted by Crippen LogP contribution is -2.59. The standard InChI is InChI=1S/C67H43BN2S2/c1-39(2)40-36-37-48-54(38-40)67(51-31-16-11-26-45(51)46-27-12-17-32-52(46)67)63-58(48)61-65(72-63)68-59-55(34-19-35-56(59)70(61)42-22-7-4-8-23-42)69(41-20-5-3-6-21-41)60-57-47-28-13-18-33-53(47)66(62(57)71-64(60)68)49-29-14-9-24-43(49)44-25-10-15-30-50(44)66/h3-39H,1-2H3. The Balaban J connectivity index is 1.04. The average Bonchev–Trinajstić information content (AvgIpc) is 4.28. The molecule has 72 heavy (non-hydrogen) atoms. The minimum atomic E-state index is -0.479. The van der Waals surface area contributed by atoms with Crippen LogP contribution in [0.15, 0.2) is 218 Å². The molecular formula is C67H43BN2S2. The van der Waals surface area contributed by atoms with Crippen molar-refractivity contribution in [2.75, 3.05) is 9.80 Å². The first-order chi connectivity index (χ1) is 35.6. The Labute approximate surface area is 427 Å². The smallest absolute Gasteiger partial charge is 0.277 e. The van der Waals surface area contributed by atoms with E-state index in [0.717, 1.165) is 0 Å². The van der Waals surface area contributed by atoms with Gasteiger partial charge < -0.3 is 9.80 Å². The quantitative estimate of drug-likeness (QED) is 0.163. The van der Waals surface area contributed by atoms with Crippen molar-refractivity contribution in [2.45, 2.75) is 30.6 Å². The summed E-state index contributed by atoms with van der Waals surface area (Å²) in [5, 5.41) is 0. The van der Waals surface area contributed by atoms with E-state index in [9.17, 15) is 0 Å². The van der Waals surface area contributed by atoms with Gasteiger partial charge in [0, 0.05) is 53.2 Å². The van der Waals surface area contributed by atoms with E-state index in [2.05, 4.69) is 265 Å². The van der Waals surface area contributed by atoms with Gasteiger partial charge in [-0.25, -0.2) is 0 Å². The highest BCUT2D eigenvalue weighted by molar-refractivity contribution is 7.37. The molecule has 2 spiro atoms. The zero-order valence-corrected chi connectivity index (χ0v) is 41.3. The number of para-hydroxylation sites is 2. The van der Waals surface area contributed by atoms with Crippen molar-refractivity contribution >= 4 is 78.5 Å². The predicted molar refractivity (Wildman–Crippen MR) is 303 cm³/mol. The van der Waals surface area contributed by atoms with E-state index in [-0.39, 0.29) is 6.71 Å². The fourth-order valence-corrected chi connectivity index (χ4v) is 17.9. The van der Waals surface area contributed by atoms with Crippen LogP contribution in [0.4, 0.5) is 34.1 Å². The van der Waals surface area contributed by atoms with Gasteiger partial charge >= 0.3 is 0 Å². The second-order valence-electron chi connectivity index (χ2n) is 20.7. The number of anilines is 6. The summed E-state index contributed by atoms with van der Waals surface area (Å²) in [5.41, 5.74) is 28.4. The first-order valence-electron chi connectivity index (χ1n) is 25.4. The fourth-order valence-electron chi connectivity index (χ4n) is 14.5. The van der Waals surface area contributed by atoms with Crippen LogP contribution in [0.25, 0.3) is 44.5 Å². The topological polar surface area (TPSA) is 6.48 Å². The van der Waals surface area contributed by atoms with E-state index in [1.165, 1.54) is 142 Å². The first-order valence-corrected chi connectivity index (χ1v) is 27.0. The van der Waals surface area contributed by atoms with Crippen LogP contribution in [0.1, 0.15) is 68.5 Å². The summed E-state index contributed by atoms with van der Waals surface area (Å²) in [6.07, 6.45) is 0. The van der Waals surface area contributed by atoms with Crippen LogP contribution in [0.3, 0.4) is 0 Å². The first kappa shape index (κ1) is 39.7. The number of thiophene rings is 2. The molecule has 0 unspecified atom stereocenters. The Morgan fingerprint density at radius 1 is 0.375 bits per heavy atom. The molecule has 2 aliphatic heterocycles. The van der Waals surface area contributed by atoms with Gasteiger partial charge in [0.15, 0.2) is 0 Å². The SMILES string of the molecule is CC(C)c1ccc2c(c1)C1(c3ccccc3-c3ccccc31)c1sc3c(c1-2)N(c1ccccc1)c1cccc2c1B3c1sc3c(c1N2c1ccccc1)-c1ccccc1C31c2ccccc2-c2ccccc21. The summed E-state index contributed by atoms with van der Waals surface area (Å²) >= 11 is 4.17. The molecule has 11 aromatic rings. The molecule has 17 rings (SSSR count). The van der Waals surface area contributed by atoms with Crippen LogP contribution in [0.2, 0.25) is 0 Å². The lowest BCUT2D eigenvalue weighted by Gasteiger charge is -2.42. The summed E-state index contributed by atoms with van der Waals surface area (Å²) in [7, 11) is 0. The third-order valence-electron chi connectivity index (χ3n) is 17.2. The number of fused-ring (bicyclic) bond motifs is 26. The molecule has 0 bridgehead atoms. The van der Waals surface area contributed by atoms with Crippen LogP contribution < -0.4 is 24.8 Å². The average molecular weight is 951 g/mol. The molecule has 2 aromatic heterocycles. The zero-order valence-electron chi connectivity index (χ0n) is 39.7. The molecule has 0 radical (unpaired) electrons. The molecule has 0 fully saturated rings. The third-order valence-corrected chi connectivity index (χ3v) is 19.9. The Kier molecular flexibility index (Phi) is 7.68. The van der Waals surface area contributed by atoms with Gasteiger partial charge in [-0.3, -0.25) is 0 Å². The van der Waals surface area contributed by atoms with E-state index >= 15 is 0 Å². The van der Waals surface area contributed by atoms with Crippen LogP contribution in [0.5, 0.6) is 0 Å². The zero-order chi connectivity index (χ0) is 47.2. The minimum absolute atomic E-state index is 0.0224. The van der Waals surface area contributed by atoms with E-state index in [0.29, 0.717) is 5.92 Å². The van der Waals surface area contributed by atoms with Gasteiger partial charge in [-0.15, -0.1) is 22.7 Å². The highest BCUT2D eigenvalue weighted by atomic mass is 32.1. The van der Waals surface area contributed by atoms with E-state index in [4.69, 9.17) is 0 Å². The molecule has 9 aromatic carbocycles. The van der Waals surface area contributed by atoms with Crippen molar-refractivity contribution in [1.82, 2.24) is 0 Å². The number of nitrogens with zero attached hydrogens (tertiary/aromatic N) is 2. The normalized spacial score (nSPS) is 15.3. The largest absolute Gasteiger partial charge is 0.310 e. The summed E-state index contributed by atoms with van der Waals surface area (Å²) in [6.45, 7) is 4.66. The Morgan fingerprint density at radius 2 is 0.750 bits per heavy atom.